The molecule has 0 aliphatic rings. The second-order valence-electron chi connectivity index (χ2n) is 12.5. The van der Waals surface area contributed by atoms with E-state index in [2.05, 4.69) is 181 Å². The molecule has 0 amide bonds. The van der Waals surface area contributed by atoms with E-state index >= 15 is 0 Å². The van der Waals surface area contributed by atoms with Crippen molar-refractivity contribution < 1.29 is 4.42 Å². The van der Waals surface area contributed by atoms with Crippen molar-refractivity contribution in [2.75, 3.05) is 4.90 Å². The Balaban J connectivity index is 1.21. The highest BCUT2D eigenvalue weighted by Gasteiger charge is 2.21. The lowest BCUT2D eigenvalue weighted by Gasteiger charge is -2.28. The van der Waals surface area contributed by atoms with E-state index < -0.39 is 0 Å². The molecule has 0 bridgehead atoms. The van der Waals surface area contributed by atoms with Gasteiger partial charge in [0.15, 0.2) is 0 Å². The monoisotopic (exact) mass is 643 g/mol. The van der Waals surface area contributed by atoms with Crippen molar-refractivity contribution in [1.29, 1.82) is 0 Å². The molecule has 49 heavy (non-hydrogen) atoms. The van der Waals surface area contributed by atoms with Crippen molar-refractivity contribution >= 4 is 81.3 Å². The highest BCUT2D eigenvalue weighted by Crippen LogP contribution is 2.46. The molecule has 0 aliphatic heterocycles. The molecule has 10 rings (SSSR count). The maximum absolute atomic E-state index is 6.84. The molecule has 8 aromatic carbocycles. The molecule has 10 aromatic rings. The van der Waals surface area contributed by atoms with Crippen LogP contribution in [0.2, 0.25) is 0 Å². The standard InChI is InChI=1S/C46H29NOS/c1-2-11-30(12-3-1)31-21-24-33(25-22-31)47(34-26-28-44-41(29-34)37-16-7-9-20-43(37)49-44)42-19-8-6-15-36(42)38-17-10-18-39-40-27-23-32-13-4-5-14-35(32)45(40)48-46(38)39/h1-29H. The summed E-state index contributed by atoms with van der Waals surface area (Å²) in [4.78, 5) is 2.40. The Bertz CT molecular complexity index is 2830. The van der Waals surface area contributed by atoms with Gasteiger partial charge in [-0.05, 0) is 65.0 Å². The lowest BCUT2D eigenvalue weighted by molar-refractivity contribution is 0.674. The van der Waals surface area contributed by atoms with Crippen LogP contribution in [-0.4, -0.2) is 0 Å². The zero-order valence-corrected chi connectivity index (χ0v) is 27.3. The molecule has 2 nitrogen and oxygen atoms in total. The van der Waals surface area contributed by atoms with Gasteiger partial charge in [0, 0.05) is 58.8 Å². The lowest BCUT2D eigenvalue weighted by atomic mass is 9.98. The first-order valence-electron chi connectivity index (χ1n) is 16.6. The van der Waals surface area contributed by atoms with Crippen molar-refractivity contribution in [3.05, 3.63) is 176 Å². The van der Waals surface area contributed by atoms with Gasteiger partial charge in [0.25, 0.3) is 0 Å². The number of hydrogen-bond donors (Lipinski definition) is 0. The van der Waals surface area contributed by atoms with Gasteiger partial charge in [-0.25, -0.2) is 0 Å². The van der Waals surface area contributed by atoms with Gasteiger partial charge in [-0.1, -0.05) is 127 Å². The van der Waals surface area contributed by atoms with Gasteiger partial charge < -0.3 is 9.32 Å². The summed E-state index contributed by atoms with van der Waals surface area (Å²) in [7, 11) is 0. The number of benzene rings is 8. The minimum absolute atomic E-state index is 0.903. The molecule has 2 heterocycles. The Morgan fingerprint density at radius 2 is 1.04 bits per heavy atom. The number of furan rings is 1. The van der Waals surface area contributed by atoms with Gasteiger partial charge in [-0.15, -0.1) is 11.3 Å². The molecule has 0 saturated heterocycles. The fraction of sp³-hybridized carbons (Fsp3) is 0. The Morgan fingerprint density at radius 1 is 0.388 bits per heavy atom. The lowest BCUT2D eigenvalue weighted by Crippen LogP contribution is -2.11. The van der Waals surface area contributed by atoms with Gasteiger partial charge in [0.1, 0.15) is 11.2 Å². The number of para-hydroxylation sites is 2. The van der Waals surface area contributed by atoms with Crippen LogP contribution >= 0.6 is 11.3 Å². The summed E-state index contributed by atoms with van der Waals surface area (Å²) in [6.45, 7) is 0. The predicted molar refractivity (Wildman–Crippen MR) is 210 cm³/mol. The number of rotatable bonds is 5. The van der Waals surface area contributed by atoms with Crippen LogP contribution in [0.5, 0.6) is 0 Å². The van der Waals surface area contributed by atoms with Gasteiger partial charge >= 0.3 is 0 Å². The molecular weight excluding hydrogens is 615 g/mol. The first-order valence-corrected chi connectivity index (χ1v) is 17.4. The van der Waals surface area contributed by atoms with Gasteiger partial charge in [-0.2, -0.15) is 0 Å². The summed E-state index contributed by atoms with van der Waals surface area (Å²) in [5.74, 6) is 0. The Hall–Kier alpha value is -6.16. The van der Waals surface area contributed by atoms with Crippen LogP contribution in [0.15, 0.2) is 180 Å². The molecule has 3 heteroatoms. The predicted octanol–water partition coefficient (Wildman–Crippen LogP) is 13.9. The molecule has 0 unspecified atom stereocenters. The number of fused-ring (bicyclic) bond motifs is 8. The van der Waals surface area contributed by atoms with Gasteiger partial charge in [-0.3, -0.25) is 0 Å². The third-order valence-electron chi connectivity index (χ3n) is 9.68. The van der Waals surface area contributed by atoms with E-state index in [9.17, 15) is 0 Å². The summed E-state index contributed by atoms with van der Waals surface area (Å²) in [6.07, 6.45) is 0. The number of anilines is 3. The van der Waals surface area contributed by atoms with E-state index in [4.69, 9.17) is 4.42 Å². The van der Waals surface area contributed by atoms with Gasteiger partial charge in [0.05, 0.1) is 5.69 Å². The summed E-state index contributed by atoms with van der Waals surface area (Å²) >= 11 is 1.85. The van der Waals surface area contributed by atoms with E-state index in [1.54, 1.807) is 0 Å². The van der Waals surface area contributed by atoms with E-state index in [1.807, 2.05) is 11.3 Å². The van der Waals surface area contributed by atoms with Crippen LogP contribution < -0.4 is 4.90 Å². The topological polar surface area (TPSA) is 16.4 Å². The second kappa shape index (κ2) is 11.2. The van der Waals surface area contributed by atoms with Crippen molar-refractivity contribution in [3.63, 3.8) is 0 Å². The molecule has 2 aromatic heterocycles. The van der Waals surface area contributed by atoms with Crippen LogP contribution in [0.3, 0.4) is 0 Å². The number of thiophene rings is 1. The van der Waals surface area contributed by atoms with E-state index in [0.717, 1.165) is 55.5 Å². The van der Waals surface area contributed by atoms with Gasteiger partial charge in [0.2, 0.25) is 0 Å². The molecule has 0 atom stereocenters. The molecule has 0 fully saturated rings. The molecule has 0 radical (unpaired) electrons. The molecule has 0 spiro atoms. The third kappa shape index (κ3) is 4.55. The summed E-state index contributed by atoms with van der Waals surface area (Å²) in [5, 5.41) is 7.13. The normalized spacial score (nSPS) is 11.7. The average molecular weight is 644 g/mol. The highest BCUT2D eigenvalue weighted by molar-refractivity contribution is 7.25. The van der Waals surface area contributed by atoms with E-state index in [1.165, 1.54) is 36.7 Å². The van der Waals surface area contributed by atoms with E-state index in [-0.39, 0.29) is 0 Å². The maximum atomic E-state index is 6.84. The number of hydrogen-bond acceptors (Lipinski definition) is 3. The van der Waals surface area contributed by atoms with Crippen LogP contribution in [0, 0.1) is 0 Å². The van der Waals surface area contributed by atoms with Crippen molar-refractivity contribution in [1.82, 2.24) is 0 Å². The fourth-order valence-electron chi connectivity index (χ4n) is 7.35. The number of nitrogens with zero attached hydrogens (tertiary/aromatic N) is 1. The first kappa shape index (κ1) is 27.9. The quantitative estimate of drug-likeness (QED) is 0.186. The van der Waals surface area contributed by atoms with Crippen molar-refractivity contribution in [2.45, 2.75) is 0 Å². The van der Waals surface area contributed by atoms with Crippen molar-refractivity contribution in [2.24, 2.45) is 0 Å². The third-order valence-corrected chi connectivity index (χ3v) is 10.8. The molecule has 0 saturated carbocycles. The Labute approximate surface area is 287 Å². The van der Waals surface area contributed by atoms with Crippen LogP contribution in [0.1, 0.15) is 0 Å². The van der Waals surface area contributed by atoms with Crippen LogP contribution in [0.4, 0.5) is 17.1 Å². The Kier molecular flexibility index (Phi) is 6.39. The molecular formula is C46H29NOS. The summed E-state index contributed by atoms with van der Waals surface area (Å²) in [5.41, 5.74) is 9.70. The van der Waals surface area contributed by atoms with Crippen molar-refractivity contribution in [3.8, 4) is 22.3 Å². The van der Waals surface area contributed by atoms with Crippen LogP contribution in [-0.2, 0) is 0 Å². The largest absolute Gasteiger partial charge is 0.455 e. The minimum Gasteiger partial charge on any atom is -0.455 e. The van der Waals surface area contributed by atoms with E-state index in [0.29, 0.717) is 0 Å². The Morgan fingerprint density at radius 3 is 1.94 bits per heavy atom. The summed E-state index contributed by atoms with van der Waals surface area (Å²) in [6, 6.07) is 63.2. The highest BCUT2D eigenvalue weighted by atomic mass is 32.1. The molecule has 0 aliphatic carbocycles. The summed E-state index contributed by atoms with van der Waals surface area (Å²) < 4.78 is 9.43. The second-order valence-corrected chi connectivity index (χ2v) is 13.6. The average Bonchev–Trinajstić information content (AvgIpc) is 3.75. The zero-order chi connectivity index (χ0) is 32.3. The first-order chi connectivity index (χ1) is 24.3. The molecule has 230 valence electrons. The fourth-order valence-corrected chi connectivity index (χ4v) is 8.44. The smallest absolute Gasteiger partial charge is 0.143 e. The molecule has 0 N–H and O–H groups in total. The maximum Gasteiger partial charge on any atom is 0.143 e. The SMILES string of the molecule is c1ccc(-c2ccc(N(c3ccc4sc5ccccc5c4c3)c3ccccc3-c3cccc4c3oc3c5ccccc5ccc43)cc2)cc1. The minimum atomic E-state index is 0.903. The van der Waals surface area contributed by atoms with Crippen LogP contribution in [0.25, 0.3) is 75.1 Å². The zero-order valence-electron chi connectivity index (χ0n) is 26.5.